The van der Waals surface area contributed by atoms with Gasteiger partial charge in [0, 0.05) is 12.6 Å². The number of fused-ring (bicyclic) bond motifs is 1. The molecule has 1 aliphatic rings. The molecule has 1 aliphatic heterocycles. The molecule has 2 rings (SSSR count). The van der Waals surface area contributed by atoms with Crippen molar-refractivity contribution in [3.63, 3.8) is 0 Å². The van der Waals surface area contributed by atoms with Crippen LogP contribution in [0, 0.1) is 10.1 Å². The molecule has 0 aromatic heterocycles. The van der Waals surface area contributed by atoms with Crippen molar-refractivity contribution < 1.29 is 19.2 Å². The third kappa shape index (κ3) is 3.07. The van der Waals surface area contributed by atoms with Crippen molar-refractivity contribution in [3.8, 4) is 5.75 Å². The number of nitro groups is 1. The molecular weight excluding hydrogens is 276 g/mol. The van der Waals surface area contributed by atoms with Gasteiger partial charge in [0.25, 0.3) is 0 Å². The van der Waals surface area contributed by atoms with Crippen molar-refractivity contribution in [3.05, 3.63) is 27.8 Å². The molecule has 0 aliphatic carbocycles. The maximum Gasteiger partial charge on any atom is 0.414 e. The summed E-state index contributed by atoms with van der Waals surface area (Å²) >= 11 is 0. The molecule has 1 aromatic carbocycles. The van der Waals surface area contributed by atoms with Crippen LogP contribution < -0.4 is 9.64 Å². The van der Waals surface area contributed by atoms with E-state index in [-0.39, 0.29) is 11.4 Å². The van der Waals surface area contributed by atoms with Gasteiger partial charge in [0.1, 0.15) is 5.60 Å². The molecule has 0 radical (unpaired) electrons. The largest absolute Gasteiger partial charge is 0.490 e. The van der Waals surface area contributed by atoms with Crippen molar-refractivity contribution in [2.24, 2.45) is 0 Å². The van der Waals surface area contributed by atoms with Crippen LogP contribution in [-0.2, 0) is 11.2 Å². The zero-order valence-electron chi connectivity index (χ0n) is 12.5. The van der Waals surface area contributed by atoms with Gasteiger partial charge in [-0.15, -0.1) is 0 Å². The zero-order chi connectivity index (χ0) is 15.8. The molecule has 0 spiro atoms. The van der Waals surface area contributed by atoms with Gasteiger partial charge in [0.15, 0.2) is 5.75 Å². The lowest BCUT2D eigenvalue weighted by Gasteiger charge is -2.24. The first-order valence-electron chi connectivity index (χ1n) is 6.59. The number of carbonyl (C=O) groups excluding carboxylic acids is 1. The van der Waals surface area contributed by atoms with Crippen molar-refractivity contribution in [2.45, 2.75) is 32.8 Å². The predicted octanol–water partition coefficient (Wildman–Crippen LogP) is 2.90. The first-order valence-corrected chi connectivity index (χ1v) is 6.59. The van der Waals surface area contributed by atoms with E-state index >= 15 is 0 Å². The molecule has 0 saturated carbocycles. The first-order chi connectivity index (χ1) is 9.73. The molecular formula is C14H18N2O5. The number of benzene rings is 1. The second-order valence-electron chi connectivity index (χ2n) is 5.79. The van der Waals surface area contributed by atoms with Crippen molar-refractivity contribution in [1.29, 1.82) is 0 Å². The van der Waals surface area contributed by atoms with Gasteiger partial charge in [0.05, 0.1) is 17.7 Å². The molecule has 0 bridgehead atoms. The topological polar surface area (TPSA) is 81.9 Å². The number of amides is 1. The summed E-state index contributed by atoms with van der Waals surface area (Å²) in [6.07, 6.45) is 0.115. The summed E-state index contributed by atoms with van der Waals surface area (Å²) in [6.45, 7) is 5.77. The lowest BCUT2D eigenvalue weighted by atomic mass is 10.1. The van der Waals surface area contributed by atoms with Gasteiger partial charge in [-0.2, -0.15) is 0 Å². The molecule has 7 heteroatoms. The van der Waals surface area contributed by atoms with Crippen LogP contribution in [0.5, 0.6) is 5.75 Å². The van der Waals surface area contributed by atoms with E-state index in [1.807, 2.05) is 0 Å². The van der Waals surface area contributed by atoms with Gasteiger partial charge in [0.2, 0.25) is 0 Å². The molecule has 21 heavy (non-hydrogen) atoms. The van der Waals surface area contributed by atoms with E-state index in [4.69, 9.17) is 9.47 Å². The zero-order valence-corrected chi connectivity index (χ0v) is 12.5. The highest BCUT2D eigenvalue weighted by Crippen LogP contribution is 2.38. The Hall–Kier alpha value is -2.31. The number of hydrogen-bond acceptors (Lipinski definition) is 5. The Bertz CT molecular complexity index is 592. The van der Waals surface area contributed by atoms with Crippen LogP contribution in [0.2, 0.25) is 0 Å². The van der Waals surface area contributed by atoms with Gasteiger partial charge in [-0.3, -0.25) is 15.0 Å². The van der Waals surface area contributed by atoms with Gasteiger partial charge < -0.3 is 9.47 Å². The minimum absolute atomic E-state index is 0.160. The third-order valence-corrected chi connectivity index (χ3v) is 3.09. The smallest absolute Gasteiger partial charge is 0.414 e. The van der Waals surface area contributed by atoms with E-state index in [2.05, 4.69) is 0 Å². The van der Waals surface area contributed by atoms with E-state index in [9.17, 15) is 14.9 Å². The molecule has 0 atom stereocenters. The molecule has 1 aromatic rings. The van der Waals surface area contributed by atoms with Crippen LogP contribution in [0.1, 0.15) is 26.3 Å². The number of nitrogens with zero attached hydrogens (tertiary/aromatic N) is 2. The van der Waals surface area contributed by atoms with Crippen LogP contribution in [0.15, 0.2) is 12.1 Å². The molecule has 0 fully saturated rings. The minimum atomic E-state index is -0.613. The summed E-state index contributed by atoms with van der Waals surface area (Å²) in [6, 6.07) is 2.98. The fraction of sp³-hybridized carbons (Fsp3) is 0.500. The maximum atomic E-state index is 12.2. The molecule has 7 nitrogen and oxygen atoms in total. The first kappa shape index (κ1) is 15.1. The molecule has 1 heterocycles. The van der Waals surface area contributed by atoms with Gasteiger partial charge in [-0.25, -0.2) is 4.79 Å². The van der Waals surface area contributed by atoms with E-state index in [1.165, 1.54) is 18.1 Å². The number of hydrogen-bond donors (Lipinski definition) is 0. The Kier molecular flexibility index (Phi) is 3.76. The van der Waals surface area contributed by atoms with Gasteiger partial charge >= 0.3 is 11.8 Å². The van der Waals surface area contributed by atoms with Crippen molar-refractivity contribution in [2.75, 3.05) is 18.6 Å². The Labute approximate surface area is 122 Å². The SMILES string of the molecule is COc1cc2c(cc1[N+](=O)[O-])N(C(=O)OC(C)(C)C)CC2. The van der Waals surface area contributed by atoms with Gasteiger partial charge in [-0.05, 0) is 38.8 Å². The highest BCUT2D eigenvalue weighted by molar-refractivity contribution is 5.91. The number of rotatable bonds is 2. The fourth-order valence-electron chi connectivity index (χ4n) is 2.22. The molecule has 114 valence electrons. The number of methoxy groups -OCH3 is 1. The highest BCUT2D eigenvalue weighted by Gasteiger charge is 2.32. The normalized spacial score (nSPS) is 13.8. The van der Waals surface area contributed by atoms with E-state index in [1.54, 1.807) is 26.8 Å². The summed E-state index contributed by atoms with van der Waals surface area (Å²) in [5.74, 6) is 0.199. The van der Waals surface area contributed by atoms with E-state index in [0.29, 0.717) is 18.7 Å². The number of nitro benzene ring substituents is 1. The van der Waals surface area contributed by atoms with Crippen molar-refractivity contribution >= 4 is 17.5 Å². The summed E-state index contributed by atoms with van der Waals surface area (Å²) in [5, 5.41) is 11.1. The van der Waals surface area contributed by atoms with Crippen molar-refractivity contribution in [1.82, 2.24) is 0 Å². The quantitative estimate of drug-likeness (QED) is 0.618. The number of carbonyl (C=O) groups is 1. The highest BCUT2D eigenvalue weighted by atomic mass is 16.6. The average Bonchev–Trinajstić information content (AvgIpc) is 2.77. The van der Waals surface area contributed by atoms with Crippen LogP contribution in [-0.4, -0.2) is 30.3 Å². The summed E-state index contributed by atoms with van der Waals surface area (Å²) < 4.78 is 10.4. The summed E-state index contributed by atoms with van der Waals surface area (Å²) in [4.78, 5) is 24.1. The molecule has 1 amide bonds. The Morgan fingerprint density at radius 1 is 1.38 bits per heavy atom. The van der Waals surface area contributed by atoms with Crippen LogP contribution in [0.25, 0.3) is 0 Å². The second kappa shape index (κ2) is 5.23. The Morgan fingerprint density at radius 3 is 2.57 bits per heavy atom. The Balaban J connectivity index is 2.37. The standard InChI is InChI=1S/C14H18N2O5/c1-14(2,3)21-13(17)15-6-5-9-7-12(20-4)11(16(18)19)8-10(9)15/h7-8H,5-6H2,1-4H3. The van der Waals surface area contributed by atoms with E-state index < -0.39 is 16.6 Å². The Morgan fingerprint density at radius 2 is 2.05 bits per heavy atom. The lowest BCUT2D eigenvalue weighted by molar-refractivity contribution is -0.385. The fourth-order valence-corrected chi connectivity index (χ4v) is 2.22. The van der Waals surface area contributed by atoms with Crippen LogP contribution >= 0.6 is 0 Å². The molecule has 0 N–H and O–H groups in total. The second-order valence-corrected chi connectivity index (χ2v) is 5.79. The minimum Gasteiger partial charge on any atom is -0.490 e. The van der Waals surface area contributed by atoms with E-state index in [0.717, 1.165) is 5.56 Å². The average molecular weight is 294 g/mol. The maximum absolute atomic E-state index is 12.2. The number of ether oxygens (including phenoxy) is 2. The van der Waals surface area contributed by atoms with Crippen LogP contribution in [0.3, 0.4) is 0 Å². The summed E-state index contributed by atoms with van der Waals surface area (Å²) in [7, 11) is 1.38. The lowest BCUT2D eigenvalue weighted by Crippen LogP contribution is -2.35. The molecule has 0 saturated heterocycles. The predicted molar refractivity (Wildman–Crippen MR) is 76.9 cm³/mol. The summed E-state index contributed by atoms with van der Waals surface area (Å²) in [5.41, 5.74) is 0.574. The monoisotopic (exact) mass is 294 g/mol. The molecule has 0 unspecified atom stereocenters. The van der Waals surface area contributed by atoms with Gasteiger partial charge in [-0.1, -0.05) is 0 Å². The van der Waals surface area contributed by atoms with Crippen LogP contribution in [0.4, 0.5) is 16.2 Å². The number of anilines is 1. The third-order valence-electron chi connectivity index (χ3n) is 3.09.